The number of carbonyl (C=O) groups is 1. The van der Waals surface area contributed by atoms with E-state index >= 15 is 0 Å². The molecule has 0 bridgehead atoms. The van der Waals surface area contributed by atoms with Crippen LogP contribution in [0, 0.1) is 6.92 Å². The van der Waals surface area contributed by atoms with Gasteiger partial charge in [0.15, 0.2) is 5.13 Å². The number of nitrogens with zero attached hydrogens (tertiary/aromatic N) is 2. The molecule has 0 radical (unpaired) electrons. The normalized spacial score (nSPS) is 10.5. The average Bonchev–Trinajstić information content (AvgIpc) is 2.85. The van der Waals surface area contributed by atoms with Crippen molar-refractivity contribution in [2.24, 2.45) is 0 Å². The van der Waals surface area contributed by atoms with E-state index in [2.05, 4.69) is 41.1 Å². The summed E-state index contributed by atoms with van der Waals surface area (Å²) in [7, 11) is 2.00. The van der Waals surface area contributed by atoms with Gasteiger partial charge in [-0.2, -0.15) is 0 Å². The van der Waals surface area contributed by atoms with Gasteiger partial charge in [0.2, 0.25) is 0 Å². The highest BCUT2D eigenvalue weighted by molar-refractivity contribution is 7.13. The van der Waals surface area contributed by atoms with Gasteiger partial charge in [0.25, 0.3) is 0 Å². The monoisotopic (exact) mass is 290 g/mol. The van der Waals surface area contributed by atoms with E-state index in [4.69, 9.17) is 5.11 Å². The van der Waals surface area contributed by atoms with Gasteiger partial charge in [-0.15, -0.1) is 11.3 Å². The summed E-state index contributed by atoms with van der Waals surface area (Å²) in [5.41, 5.74) is 3.34. The lowest BCUT2D eigenvalue weighted by Gasteiger charge is -2.16. The SMILES string of the molecule is Cc1cccc(CN(C)c2nc(CCC(=O)O)cs2)c1. The Bertz CT molecular complexity index is 595. The van der Waals surface area contributed by atoms with E-state index < -0.39 is 5.97 Å². The first-order valence-corrected chi connectivity index (χ1v) is 7.35. The van der Waals surface area contributed by atoms with Crippen LogP contribution < -0.4 is 4.90 Å². The second-order valence-corrected chi connectivity index (χ2v) is 5.70. The van der Waals surface area contributed by atoms with Gasteiger partial charge in [-0.05, 0) is 12.5 Å². The smallest absolute Gasteiger partial charge is 0.303 e. The van der Waals surface area contributed by atoms with Crippen molar-refractivity contribution in [3.8, 4) is 0 Å². The summed E-state index contributed by atoms with van der Waals surface area (Å²) in [6.07, 6.45) is 0.620. The van der Waals surface area contributed by atoms with E-state index in [1.165, 1.54) is 11.1 Å². The molecule has 4 nitrogen and oxygen atoms in total. The lowest BCUT2D eigenvalue weighted by molar-refractivity contribution is -0.136. The van der Waals surface area contributed by atoms with Crippen LogP contribution in [0.4, 0.5) is 5.13 Å². The molecule has 0 saturated heterocycles. The van der Waals surface area contributed by atoms with Crippen molar-refractivity contribution in [1.29, 1.82) is 0 Å². The Morgan fingerprint density at radius 3 is 2.95 bits per heavy atom. The van der Waals surface area contributed by atoms with Gasteiger partial charge >= 0.3 is 5.97 Å². The third-order valence-electron chi connectivity index (χ3n) is 2.96. The highest BCUT2D eigenvalue weighted by Crippen LogP contribution is 2.22. The quantitative estimate of drug-likeness (QED) is 0.888. The molecule has 1 N–H and O–H groups in total. The van der Waals surface area contributed by atoms with Crippen molar-refractivity contribution in [3.63, 3.8) is 0 Å². The number of anilines is 1. The van der Waals surface area contributed by atoms with Gasteiger partial charge in [0, 0.05) is 25.4 Å². The van der Waals surface area contributed by atoms with Gasteiger partial charge in [-0.25, -0.2) is 4.98 Å². The van der Waals surface area contributed by atoms with E-state index in [9.17, 15) is 4.79 Å². The van der Waals surface area contributed by atoms with Gasteiger partial charge in [0.1, 0.15) is 0 Å². The Morgan fingerprint density at radius 2 is 2.25 bits per heavy atom. The van der Waals surface area contributed by atoms with Crippen LogP contribution in [0.15, 0.2) is 29.6 Å². The summed E-state index contributed by atoms with van der Waals surface area (Å²) in [6.45, 7) is 2.88. The van der Waals surface area contributed by atoms with Gasteiger partial charge in [0.05, 0.1) is 12.1 Å². The van der Waals surface area contributed by atoms with Crippen LogP contribution >= 0.6 is 11.3 Å². The lowest BCUT2D eigenvalue weighted by atomic mass is 10.1. The Balaban J connectivity index is 1.98. The molecular formula is C15H18N2O2S. The van der Waals surface area contributed by atoms with Crippen LogP contribution in [0.25, 0.3) is 0 Å². The van der Waals surface area contributed by atoms with Gasteiger partial charge < -0.3 is 10.0 Å². The highest BCUT2D eigenvalue weighted by Gasteiger charge is 2.09. The van der Waals surface area contributed by atoms with Crippen molar-refractivity contribution >= 4 is 22.4 Å². The third kappa shape index (κ3) is 4.06. The number of hydrogen-bond donors (Lipinski definition) is 1. The first kappa shape index (κ1) is 14.5. The summed E-state index contributed by atoms with van der Waals surface area (Å²) in [6, 6.07) is 8.40. The van der Waals surface area contributed by atoms with Crippen molar-refractivity contribution in [2.45, 2.75) is 26.3 Å². The molecule has 106 valence electrons. The summed E-state index contributed by atoms with van der Waals surface area (Å²) in [4.78, 5) is 17.1. The maximum Gasteiger partial charge on any atom is 0.303 e. The number of rotatable bonds is 6. The minimum atomic E-state index is -0.785. The molecule has 0 spiro atoms. The van der Waals surface area contributed by atoms with Crippen molar-refractivity contribution < 1.29 is 9.90 Å². The molecule has 2 rings (SSSR count). The number of hydrogen-bond acceptors (Lipinski definition) is 4. The topological polar surface area (TPSA) is 53.4 Å². The molecule has 0 aliphatic rings. The van der Waals surface area contributed by atoms with E-state index in [1.807, 2.05) is 12.4 Å². The second kappa shape index (κ2) is 6.52. The number of carboxylic acids is 1. The van der Waals surface area contributed by atoms with Crippen LogP contribution in [-0.4, -0.2) is 23.1 Å². The van der Waals surface area contributed by atoms with Crippen molar-refractivity contribution in [1.82, 2.24) is 4.98 Å². The van der Waals surface area contributed by atoms with E-state index in [1.54, 1.807) is 11.3 Å². The molecule has 0 amide bonds. The van der Waals surface area contributed by atoms with Crippen LogP contribution in [-0.2, 0) is 17.8 Å². The number of aryl methyl sites for hydroxylation is 2. The Morgan fingerprint density at radius 1 is 1.45 bits per heavy atom. The molecule has 5 heteroatoms. The predicted octanol–water partition coefficient (Wildman–Crippen LogP) is 3.11. The van der Waals surface area contributed by atoms with E-state index in [0.29, 0.717) is 6.42 Å². The van der Waals surface area contributed by atoms with Crippen LogP contribution in [0.5, 0.6) is 0 Å². The average molecular weight is 290 g/mol. The number of benzene rings is 1. The molecule has 0 atom stereocenters. The van der Waals surface area contributed by atoms with Gasteiger partial charge in [-0.3, -0.25) is 4.79 Å². The molecule has 1 aromatic heterocycles. The molecule has 0 aliphatic heterocycles. The molecule has 0 fully saturated rings. The van der Waals surface area contributed by atoms with Crippen LogP contribution in [0.2, 0.25) is 0 Å². The second-order valence-electron chi connectivity index (χ2n) is 4.86. The minimum Gasteiger partial charge on any atom is -0.481 e. The number of thiazole rings is 1. The van der Waals surface area contributed by atoms with E-state index in [-0.39, 0.29) is 6.42 Å². The van der Waals surface area contributed by atoms with Crippen molar-refractivity contribution in [2.75, 3.05) is 11.9 Å². The van der Waals surface area contributed by atoms with Crippen molar-refractivity contribution in [3.05, 3.63) is 46.5 Å². The first-order chi connectivity index (χ1) is 9.54. The first-order valence-electron chi connectivity index (χ1n) is 6.47. The third-order valence-corrected chi connectivity index (χ3v) is 3.97. The molecule has 2 aromatic rings. The molecule has 0 aliphatic carbocycles. The fourth-order valence-corrected chi connectivity index (χ4v) is 2.80. The summed E-state index contributed by atoms with van der Waals surface area (Å²) >= 11 is 1.55. The zero-order valence-electron chi connectivity index (χ0n) is 11.7. The minimum absolute atomic E-state index is 0.130. The fraction of sp³-hybridized carbons (Fsp3) is 0.333. The molecule has 20 heavy (non-hydrogen) atoms. The summed E-state index contributed by atoms with van der Waals surface area (Å²) in [5, 5.41) is 11.5. The largest absolute Gasteiger partial charge is 0.481 e. The Hall–Kier alpha value is -1.88. The zero-order valence-corrected chi connectivity index (χ0v) is 12.5. The Labute approximate surface area is 122 Å². The zero-order chi connectivity index (χ0) is 14.5. The summed E-state index contributed by atoms with van der Waals surface area (Å²) in [5.74, 6) is -0.785. The predicted molar refractivity (Wildman–Crippen MR) is 81.4 cm³/mol. The molecule has 0 unspecified atom stereocenters. The van der Waals surface area contributed by atoms with Gasteiger partial charge in [-0.1, -0.05) is 29.8 Å². The van der Waals surface area contributed by atoms with E-state index in [0.717, 1.165) is 17.4 Å². The molecule has 1 heterocycles. The maximum atomic E-state index is 10.6. The lowest BCUT2D eigenvalue weighted by Crippen LogP contribution is -2.16. The Kier molecular flexibility index (Phi) is 4.74. The van der Waals surface area contributed by atoms with Crippen LogP contribution in [0.1, 0.15) is 23.2 Å². The standard InChI is InChI=1S/C15H18N2O2S/c1-11-4-3-5-12(8-11)9-17(2)15-16-13(10-20-15)6-7-14(18)19/h3-5,8,10H,6-7,9H2,1-2H3,(H,18,19). The molecular weight excluding hydrogens is 272 g/mol. The number of carboxylic acid groups (broad SMARTS) is 1. The van der Waals surface area contributed by atoms with Crippen LogP contribution in [0.3, 0.4) is 0 Å². The fourth-order valence-electron chi connectivity index (χ4n) is 1.97. The summed E-state index contributed by atoms with van der Waals surface area (Å²) < 4.78 is 0. The number of aliphatic carboxylic acids is 1. The molecule has 1 aromatic carbocycles. The maximum absolute atomic E-state index is 10.6. The highest BCUT2D eigenvalue weighted by atomic mass is 32.1. The molecule has 0 saturated carbocycles. The number of aromatic nitrogens is 1.